The van der Waals surface area contributed by atoms with Gasteiger partial charge in [0.2, 0.25) is 0 Å². The molecule has 1 aromatic carbocycles. The largest absolute Gasteiger partial charge is 0.293 e. The van der Waals surface area contributed by atoms with Crippen molar-refractivity contribution in [3.05, 3.63) is 35.4 Å². The van der Waals surface area contributed by atoms with Gasteiger partial charge >= 0.3 is 0 Å². The fraction of sp³-hybridized carbons (Fsp3) is 0.455. The minimum atomic E-state index is 0.199. The molecule has 1 heterocycles. The van der Waals surface area contributed by atoms with Crippen molar-refractivity contribution >= 4 is 0 Å². The zero-order chi connectivity index (χ0) is 8.77. The van der Waals surface area contributed by atoms with Gasteiger partial charge in [0.05, 0.1) is 0 Å². The van der Waals surface area contributed by atoms with E-state index in [0.717, 1.165) is 6.54 Å². The lowest BCUT2D eigenvalue weighted by atomic mass is 9.94. The minimum absolute atomic E-state index is 0.199. The second-order valence-electron chi connectivity index (χ2n) is 4.00. The Kier molecular flexibility index (Phi) is 1.52. The van der Waals surface area contributed by atoms with Crippen LogP contribution in [0.5, 0.6) is 0 Å². The summed E-state index contributed by atoms with van der Waals surface area (Å²) >= 11 is 0. The Bertz CT molecular complexity index is 302. The Morgan fingerprint density at radius 1 is 1.50 bits per heavy atom. The maximum Gasteiger partial charge on any atom is 0.0408 e. The molecule has 0 saturated heterocycles. The van der Waals surface area contributed by atoms with Gasteiger partial charge in [0, 0.05) is 12.1 Å². The standard InChI is InChI=1S/C11H14N/c1-11(2)10-7-5-4-6-9(10)8-12(11)3/h5-7H,8H2,1-3H3. The van der Waals surface area contributed by atoms with Gasteiger partial charge in [-0.25, -0.2) is 0 Å². The number of benzene rings is 1. The molecule has 0 atom stereocenters. The average molecular weight is 160 g/mol. The summed E-state index contributed by atoms with van der Waals surface area (Å²) in [7, 11) is 2.17. The lowest BCUT2D eigenvalue weighted by molar-refractivity contribution is 0.178. The molecule has 1 aliphatic rings. The van der Waals surface area contributed by atoms with Crippen molar-refractivity contribution in [1.29, 1.82) is 0 Å². The summed E-state index contributed by atoms with van der Waals surface area (Å²) < 4.78 is 0. The predicted octanol–water partition coefficient (Wildman–Crippen LogP) is 2.17. The molecule has 1 heteroatoms. The maximum atomic E-state index is 3.12. The van der Waals surface area contributed by atoms with Crippen LogP contribution in [0.2, 0.25) is 0 Å². The predicted molar refractivity (Wildman–Crippen MR) is 49.8 cm³/mol. The van der Waals surface area contributed by atoms with E-state index in [1.807, 2.05) is 6.07 Å². The van der Waals surface area contributed by atoms with Crippen LogP contribution in [-0.4, -0.2) is 11.9 Å². The fourth-order valence-corrected chi connectivity index (χ4v) is 1.85. The van der Waals surface area contributed by atoms with Crippen molar-refractivity contribution in [2.75, 3.05) is 7.05 Å². The lowest BCUT2D eigenvalue weighted by Crippen LogP contribution is -2.31. The van der Waals surface area contributed by atoms with Gasteiger partial charge in [0.1, 0.15) is 0 Å². The van der Waals surface area contributed by atoms with Gasteiger partial charge in [-0.15, -0.1) is 0 Å². The van der Waals surface area contributed by atoms with Crippen LogP contribution in [0, 0.1) is 6.07 Å². The van der Waals surface area contributed by atoms with Crippen molar-refractivity contribution in [2.24, 2.45) is 0 Å². The quantitative estimate of drug-likeness (QED) is 0.562. The summed E-state index contributed by atoms with van der Waals surface area (Å²) in [4.78, 5) is 2.37. The number of hydrogen-bond donors (Lipinski definition) is 0. The molecule has 1 radical (unpaired) electrons. The van der Waals surface area contributed by atoms with E-state index in [-0.39, 0.29) is 5.54 Å². The Morgan fingerprint density at radius 2 is 2.25 bits per heavy atom. The lowest BCUT2D eigenvalue weighted by Gasteiger charge is -2.28. The van der Waals surface area contributed by atoms with E-state index in [4.69, 9.17) is 0 Å². The summed E-state index contributed by atoms with van der Waals surface area (Å²) in [6, 6.07) is 9.40. The molecule has 2 rings (SSSR count). The topological polar surface area (TPSA) is 3.24 Å². The summed E-state index contributed by atoms with van der Waals surface area (Å²) in [5, 5.41) is 0. The van der Waals surface area contributed by atoms with Crippen LogP contribution in [0.1, 0.15) is 25.0 Å². The molecular weight excluding hydrogens is 146 g/mol. The first-order valence-corrected chi connectivity index (χ1v) is 4.33. The summed E-state index contributed by atoms with van der Waals surface area (Å²) in [5.41, 5.74) is 3.07. The van der Waals surface area contributed by atoms with Crippen molar-refractivity contribution in [3.63, 3.8) is 0 Å². The van der Waals surface area contributed by atoms with Crippen molar-refractivity contribution in [3.8, 4) is 0 Å². The van der Waals surface area contributed by atoms with Crippen LogP contribution in [0.4, 0.5) is 0 Å². The molecule has 0 amide bonds. The highest BCUT2D eigenvalue weighted by Crippen LogP contribution is 2.36. The van der Waals surface area contributed by atoms with E-state index in [9.17, 15) is 0 Å². The van der Waals surface area contributed by atoms with Gasteiger partial charge in [-0.05, 0) is 44.2 Å². The van der Waals surface area contributed by atoms with Gasteiger partial charge in [-0.2, -0.15) is 0 Å². The molecule has 0 N–H and O–H groups in total. The van der Waals surface area contributed by atoms with Crippen LogP contribution in [0.3, 0.4) is 0 Å². The molecule has 1 nitrogen and oxygen atoms in total. The summed E-state index contributed by atoms with van der Waals surface area (Å²) in [6.45, 7) is 5.58. The van der Waals surface area contributed by atoms with E-state index in [0.29, 0.717) is 0 Å². The van der Waals surface area contributed by atoms with Crippen LogP contribution >= 0.6 is 0 Å². The van der Waals surface area contributed by atoms with Crippen LogP contribution in [0.25, 0.3) is 0 Å². The first kappa shape index (κ1) is 7.81. The fourth-order valence-electron chi connectivity index (χ4n) is 1.85. The molecule has 0 unspecified atom stereocenters. The molecule has 0 saturated carbocycles. The molecule has 1 aromatic rings. The molecule has 12 heavy (non-hydrogen) atoms. The van der Waals surface area contributed by atoms with E-state index in [1.165, 1.54) is 11.1 Å². The maximum absolute atomic E-state index is 3.12. The minimum Gasteiger partial charge on any atom is -0.293 e. The molecule has 0 aromatic heterocycles. The highest BCUT2D eigenvalue weighted by Gasteiger charge is 2.33. The smallest absolute Gasteiger partial charge is 0.0408 e. The Labute approximate surface area is 74.0 Å². The molecule has 0 spiro atoms. The van der Waals surface area contributed by atoms with E-state index in [2.05, 4.69) is 44.0 Å². The van der Waals surface area contributed by atoms with Gasteiger partial charge in [-0.3, -0.25) is 4.90 Å². The number of nitrogens with zero attached hydrogens (tertiary/aromatic N) is 1. The zero-order valence-corrected chi connectivity index (χ0v) is 7.89. The number of rotatable bonds is 0. The summed E-state index contributed by atoms with van der Waals surface area (Å²) in [5.74, 6) is 0. The number of hydrogen-bond acceptors (Lipinski definition) is 1. The van der Waals surface area contributed by atoms with Crippen LogP contribution in [0.15, 0.2) is 18.2 Å². The zero-order valence-electron chi connectivity index (χ0n) is 7.89. The van der Waals surface area contributed by atoms with Crippen molar-refractivity contribution in [1.82, 2.24) is 4.90 Å². The third-order valence-corrected chi connectivity index (χ3v) is 2.97. The monoisotopic (exact) mass is 160 g/mol. The third-order valence-electron chi connectivity index (χ3n) is 2.97. The Balaban J connectivity index is 2.55. The first-order valence-electron chi connectivity index (χ1n) is 4.33. The first-order chi connectivity index (χ1) is 5.62. The van der Waals surface area contributed by atoms with Gasteiger partial charge in [-0.1, -0.05) is 12.1 Å². The molecule has 0 fully saturated rings. The Hall–Kier alpha value is -0.820. The second-order valence-corrected chi connectivity index (χ2v) is 4.00. The molecule has 0 bridgehead atoms. The van der Waals surface area contributed by atoms with Gasteiger partial charge in [0.25, 0.3) is 0 Å². The van der Waals surface area contributed by atoms with Crippen LogP contribution < -0.4 is 0 Å². The van der Waals surface area contributed by atoms with E-state index in [1.54, 1.807) is 0 Å². The molecule has 63 valence electrons. The molecule has 1 aliphatic heterocycles. The van der Waals surface area contributed by atoms with E-state index >= 15 is 0 Å². The SMILES string of the molecule is CN1Cc2c[c]ccc2C1(C)C. The van der Waals surface area contributed by atoms with Crippen molar-refractivity contribution in [2.45, 2.75) is 25.9 Å². The number of fused-ring (bicyclic) bond motifs is 1. The average Bonchev–Trinajstić information content (AvgIpc) is 2.25. The van der Waals surface area contributed by atoms with Gasteiger partial charge in [0.15, 0.2) is 0 Å². The van der Waals surface area contributed by atoms with Gasteiger partial charge < -0.3 is 0 Å². The molecular formula is C11H14N. The van der Waals surface area contributed by atoms with Crippen molar-refractivity contribution < 1.29 is 0 Å². The third kappa shape index (κ3) is 0.896. The molecule has 0 aliphatic carbocycles. The Morgan fingerprint density at radius 3 is 2.92 bits per heavy atom. The van der Waals surface area contributed by atoms with Crippen LogP contribution in [-0.2, 0) is 12.1 Å². The highest BCUT2D eigenvalue weighted by molar-refractivity contribution is 5.36. The highest BCUT2D eigenvalue weighted by atomic mass is 15.2. The summed E-state index contributed by atoms with van der Waals surface area (Å²) in [6.07, 6.45) is 0. The van der Waals surface area contributed by atoms with E-state index < -0.39 is 0 Å². The normalized spacial score (nSPS) is 20.9. The second kappa shape index (κ2) is 2.33.